The van der Waals surface area contributed by atoms with E-state index in [0.29, 0.717) is 0 Å². The van der Waals surface area contributed by atoms with Crippen LogP contribution in [0.4, 0.5) is 20.7 Å². The zero-order valence-corrected chi connectivity index (χ0v) is 18.4. The van der Waals surface area contributed by atoms with Gasteiger partial charge < -0.3 is 21.1 Å². The highest BCUT2D eigenvalue weighted by molar-refractivity contribution is 5.92. The van der Waals surface area contributed by atoms with Crippen molar-refractivity contribution in [2.45, 2.75) is 33.8 Å². The van der Waals surface area contributed by atoms with Crippen molar-refractivity contribution in [1.29, 1.82) is 0 Å². The first-order valence-corrected chi connectivity index (χ1v) is 10.2. The SMILES string of the molecule is CNc1cc2nc(C)c(-c3cc(NC(=O)NC[C@@H](O)C(C)C)c(F)cc3C)cc2cn1. The summed E-state index contributed by atoms with van der Waals surface area (Å²) < 4.78 is 14.5. The van der Waals surface area contributed by atoms with Crippen molar-refractivity contribution in [3.05, 3.63) is 47.5 Å². The van der Waals surface area contributed by atoms with Gasteiger partial charge in [0.15, 0.2) is 0 Å². The molecule has 0 unspecified atom stereocenters. The topological polar surface area (TPSA) is 99.2 Å². The van der Waals surface area contributed by atoms with Crippen LogP contribution in [0.5, 0.6) is 0 Å². The summed E-state index contributed by atoms with van der Waals surface area (Å²) in [5.74, 6) is 0.197. The number of aliphatic hydroxyl groups excluding tert-OH is 1. The number of fused-ring (bicyclic) bond motifs is 1. The second-order valence-corrected chi connectivity index (χ2v) is 7.93. The van der Waals surface area contributed by atoms with Gasteiger partial charge in [-0.05, 0) is 49.1 Å². The van der Waals surface area contributed by atoms with Gasteiger partial charge in [-0.25, -0.2) is 14.2 Å². The quantitative estimate of drug-likeness (QED) is 0.474. The average Bonchev–Trinajstić information content (AvgIpc) is 2.73. The molecule has 0 spiro atoms. The van der Waals surface area contributed by atoms with E-state index in [1.165, 1.54) is 6.07 Å². The number of urea groups is 1. The molecule has 0 aliphatic carbocycles. The molecule has 0 bridgehead atoms. The van der Waals surface area contributed by atoms with Gasteiger partial charge in [-0.3, -0.25) is 4.98 Å². The van der Waals surface area contributed by atoms with E-state index in [-0.39, 0.29) is 18.2 Å². The lowest BCUT2D eigenvalue weighted by atomic mass is 9.97. The second-order valence-electron chi connectivity index (χ2n) is 7.93. The first kappa shape index (κ1) is 22.4. The minimum atomic E-state index is -0.674. The third-order valence-corrected chi connectivity index (χ3v) is 5.24. The molecule has 0 aliphatic heterocycles. The van der Waals surface area contributed by atoms with Crippen LogP contribution in [0.15, 0.2) is 30.5 Å². The summed E-state index contributed by atoms with van der Waals surface area (Å²) in [6, 6.07) is 6.25. The van der Waals surface area contributed by atoms with Crippen molar-refractivity contribution in [3.8, 4) is 11.1 Å². The lowest BCUT2D eigenvalue weighted by molar-refractivity contribution is 0.126. The van der Waals surface area contributed by atoms with Gasteiger partial charge in [0, 0.05) is 42.5 Å². The number of carbonyl (C=O) groups is 1. The van der Waals surface area contributed by atoms with Crippen LogP contribution in [0.25, 0.3) is 22.0 Å². The molecular formula is C23H28FN5O2. The summed E-state index contributed by atoms with van der Waals surface area (Å²) in [5, 5.41) is 18.8. The summed E-state index contributed by atoms with van der Waals surface area (Å²) in [7, 11) is 1.80. The molecule has 0 saturated carbocycles. The number of amides is 2. The maximum Gasteiger partial charge on any atom is 0.319 e. The highest BCUT2D eigenvalue weighted by Gasteiger charge is 2.16. The Balaban J connectivity index is 1.92. The van der Waals surface area contributed by atoms with E-state index >= 15 is 0 Å². The maximum atomic E-state index is 14.5. The van der Waals surface area contributed by atoms with Crippen LogP contribution in [0.1, 0.15) is 25.1 Å². The third-order valence-electron chi connectivity index (χ3n) is 5.24. The number of hydrogen-bond acceptors (Lipinski definition) is 5. The van der Waals surface area contributed by atoms with Crippen molar-refractivity contribution in [2.75, 3.05) is 24.2 Å². The summed E-state index contributed by atoms with van der Waals surface area (Å²) >= 11 is 0. The monoisotopic (exact) mass is 425 g/mol. The fourth-order valence-corrected chi connectivity index (χ4v) is 3.23. The second kappa shape index (κ2) is 9.26. The van der Waals surface area contributed by atoms with Crippen molar-refractivity contribution in [1.82, 2.24) is 15.3 Å². The molecule has 2 amide bonds. The molecule has 31 heavy (non-hydrogen) atoms. The number of anilines is 2. The highest BCUT2D eigenvalue weighted by Crippen LogP contribution is 2.32. The van der Waals surface area contributed by atoms with Crippen molar-refractivity contribution in [3.63, 3.8) is 0 Å². The van der Waals surface area contributed by atoms with Crippen LogP contribution in [-0.2, 0) is 0 Å². The lowest BCUT2D eigenvalue weighted by Crippen LogP contribution is -2.37. The first-order valence-electron chi connectivity index (χ1n) is 10.2. The zero-order valence-electron chi connectivity index (χ0n) is 18.4. The molecule has 164 valence electrons. The molecule has 0 fully saturated rings. The van der Waals surface area contributed by atoms with Crippen LogP contribution >= 0.6 is 0 Å². The summed E-state index contributed by atoms with van der Waals surface area (Å²) in [5.41, 5.74) is 3.97. The molecule has 2 aromatic heterocycles. The zero-order chi connectivity index (χ0) is 22.7. The number of aromatic nitrogens is 2. The Bertz CT molecular complexity index is 1120. The van der Waals surface area contributed by atoms with Crippen LogP contribution in [-0.4, -0.2) is 40.8 Å². The van der Waals surface area contributed by atoms with Crippen molar-refractivity contribution in [2.24, 2.45) is 5.92 Å². The van der Waals surface area contributed by atoms with Gasteiger partial charge in [-0.15, -0.1) is 0 Å². The van der Waals surface area contributed by atoms with Crippen LogP contribution < -0.4 is 16.0 Å². The van der Waals surface area contributed by atoms with Crippen LogP contribution in [0.2, 0.25) is 0 Å². The third kappa shape index (κ3) is 5.08. The highest BCUT2D eigenvalue weighted by atomic mass is 19.1. The molecule has 0 aliphatic rings. The molecule has 2 heterocycles. The van der Waals surface area contributed by atoms with E-state index < -0.39 is 18.0 Å². The predicted octanol–water partition coefficient (Wildman–Crippen LogP) is 4.23. The molecule has 7 nitrogen and oxygen atoms in total. The Labute approximate surface area is 181 Å². The van der Waals surface area contributed by atoms with E-state index in [4.69, 9.17) is 0 Å². The number of carbonyl (C=O) groups excluding carboxylic acids is 1. The number of aliphatic hydroxyl groups is 1. The normalized spacial score (nSPS) is 12.1. The predicted molar refractivity (Wildman–Crippen MR) is 122 cm³/mol. The Kier molecular flexibility index (Phi) is 6.70. The lowest BCUT2D eigenvalue weighted by Gasteiger charge is -2.17. The van der Waals surface area contributed by atoms with Crippen molar-refractivity contribution >= 4 is 28.4 Å². The maximum absolute atomic E-state index is 14.5. The standard InChI is InChI=1S/C23H28FN5O2/c1-12(2)21(30)11-27-23(31)29-20-8-16(13(3)6-18(20)24)17-7-15-10-26-22(25-5)9-19(15)28-14(17)4/h6-10,12,21,30H,11H2,1-5H3,(H,25,26)(H2,27,29,31)/t21-/m1/s1. The van der Waals surface area contributed by atoms with Gasteiger partial charge in [-0.1, -0.05) is 13.8 Å². The van der Waals surface area contributed by atoms with Gasteiger partial charge in [0.1, 0.15) is 11.6 Å². The van der Waals surface area contributed by atoms with E-state index in [2.05, 4.69) is 25.9 Å². The number of pyridine rings is 2. The van der Waals surface area contributed by atoms with E-state index in [1.54, 1.807) is 19.3 Å². The number of aryl methyl sites for hydroxylation is 2. The molecule has 4 N–H and O–H groups in total. The summed E-state index contributed by atoms with van der Waals surface area (Å²) in [6.07, 6.45) is 1.07. The van der Waals surface area contributed by atoms with Gasteiger partial charge in [-0.2, -0.15) is 0 Å². The Morgan fingerprint density at radius 3 is 2.58 bits per heavy atom. The Morgan fingerprint density at radius 2 is 1.90 bits per heavy atom. The van der Waals surface area contributed by atoms with Gasteiger partial charge in [0.05, 0.1) is 17.3 Å². The van der Waals surface area contributed by atoms with Gasteiger partial charge >= 0.3 is 6.03 Å². The smallest absolute Gasteiger partial charge is 0.319 e. The summed E-state index contributed by atoms with van der Waals surface area (Å²) in [6.45, 7) is 7.49. The van der Waals surface area contributed by atoms with Gasteiger partial charge in [0.25, 0.3) is 0 Å². The summed E-state index contributed by atoms with van der Waals surface area (Å²) in [4.78, 5) is 21.2. The first-order chi connectivity index (χ1) is 14.7. The molecule has 1 aromatic carbocycles. The number of nitrogens with zero attached hydrogens (tertiary/aromatic N) is 2. The minimum Gasteiger partial charge on any atom is -0.391 e. The molecule has 8 heteroatoms. The van der Waals surface area contributed by atoms with Crippen LogP contribution in [0.3, 0.4) is 0 Å². The molecule has 1 atom stereocenters. The molecule has 0 saturated heterocycles. The van der Waals surface area contributed by atoms with E-state index in [9.17, 15) is 14.3 Å². The number of hydrogen-bond donors (Lipinski definition) is 4. The van der Waals surface area contributed by atoms with Gasteiger partial charge in [0.2, 0.25) is 0 Å². The Hall–Kier alpha value is -3.26. The molecular weight excluding hydrogens is 397 g/mol. The number of rotatable bonds is 6. The number of benzene rings is 1. The largest absolute Gasteiger partial charge is 0.391 e. The van der Waals surface area contributed by atoms with Crippen molar-refractivity contribution < 1.29 is 14.3 Å². The fraction of sp³-hybridized carbons (Fsp3) is 0.348. The fourth-order valence-electron chi connectivity index (χ4n) is 3.23. The van der Waals surface area contributed by atoms with E-state index in [1.807, 2.05) is 39.8 Å². The molecule has 0 radical (unpaired) electrons. The minimum absolute atomic E-state index is 0.00469. The van der Waals surface area contributed by atoms with Crippen LogP contribution in [0, 0.1) is 25.6 Å². The molecule has 3 aromatic rings. The van der Waals surface area contributed by atoms with E-state index in [0.717, 1.165) is 39.1 Å². The molecule has 3 rings (SSSR count). The number of halogens is 1. The Morgan fingerprint density at radius 1 is 1.16 bits per heavy atom. The average molecular weight is 426 g/mol. The number of nitrogens with one attached hydrogen (secondary N) is 3.